The zero-order valence-corrected chi connectivity index (χ0v) is 28.8. The Labute approximate surface area is 307 Å². The van der Waals surface area contributed by atoms with E-state index in [0.717, 1.165) is 72.3 Å². The van der Waals surface area contributed by atoms with E-state index in [-0.39, 0.29) is 0 Å². The van der Waals surface area contributed by atoms with Gasteiger partial charge < -0.3 is 4.42 Å². The van der Waals surface area contributed by atoms with Gasteiger partial charge in [0.25, 0.3) is 0 Å². The van der Waals surface area contributed by atoms with Crippen LogP contribution in [0.5, 0.6) is 0 Å². The minimum absolute atomic E-state index is 0.691. The Morgan fingerprint density at radius 2 is 0.887 bits per heavy atom. The van der Waals surface area contributed by atoms with Crippen LogP contribution in [0.4, 0.5) is 0 Å². The molecule has 0 unspecified atom stereocenters. The zero-order chi connectivity index (χ0) is 35.1. The number of furan rings is 1. The third-order valence-electron chi connectivity index (χ3n) is 10.1. The Balaban J connectivity index is 1.19. The fourth-order valence-corrected chi connectivity index (χ4v) is 7.50. The van der Waals surface area contributed by atoms with E-state index in [1.807, 2.05) is 36.4 Å². The molecule has 53 heavy (non-hydrogen) atoms. The van der Waals surface area contributed by atoms with E-state index in [0.29, 0.717) is 5.82 Å². The van der Waals surface area contributed by atoms with Crippen LogP contribution in [-0.2, 0) is 0 Å². The molecule has 0 saturated carbocycles. The number of rotatable bonds is 6. The number of fused-ring (bicyclic) bond motifs is 4. The maximum absolute atomic E-state index is 6.34. The number of benzene rings is 8. The molecule has 248 valence electrons. The van der Waals surface area contributed by atoms with E-state index in [1.54, 1.807) is 0 Å². The second-order valence-electron chi connectivity index (χ2n) is 13.4. The summed E-state index contributed by atoms with van der Waals surface area (Å²) in [4.78, 5) is 10.3. The molecule has 0 spiro atoms. The number of hydrogen-bond donors (Lipinski definition) is 0. The van der Waals surface area contributed by atoms with Gasteiger partial charge in [-0.3, -0.25) is 0 Å². The van der Waals surface area contributed by atoms with Crippen molar-refractivity contribution in [2.24, 2.45) is 0 Å². The van der Waals surface area contributed by atoms with E-state index in [1.165, 1.54) is 21.9 Å². The van der Waals surface area contributed by atoms with Gasteiger partial charge in [-0.25, -0.2) is 9.97 Å². The zero-order valence-electron chi connectivity index (χ0n) is 28.8. The van der Waals surface area contributed by atoms with E-state index < -0.39 is 0 Å². The second-order valence-corrected chi connectivity index (χ2v) is 13.4. The summed E-state index contributed by atoms with van der Waals surface area (Å²) in [5.74, 6) is 0.691. The molecular formula is C50H32N2O. The molecule has 0 aliphatic carbocycles. The Morgan fingerprint density at radius 1 is 0.321 bits per heavy atom. The lowest BCUT2D eigenvalue weighted by Gasteiger charge is -2.14. The first kappa shape index (κ1) is 30.7. The van der Waals surface area contributed by atoms with Crippen LogP contribution in [0.15, 0.2) is 199 Å². The van der Waals surface area contributed by atoms with E-state index in [9.17, 15) is 0 Å². The van der Waals surface area contributed by atoms with Crippen molar-refractivity contribution in [2.75, 3.05) is 0 Å². The minimum atomic E-state index is 0.691. The molecule has 0 atom stereocenters. The van der Waals surface area contributed by atoms with Crippen molar-refractivity contribution in [3.63, 3.8) is 0 Å². The molecule has 0 radical (unpaired) electrons. The van der Waals surface area contributed by atoms with Crippen LogP contribution in [0.25, 0.3) is 100.0 Å². The molecular weight excluding hydrogens is 645 g/mol. The average Bonchev–Trinajstić information content (AvgIpc) is 3.63. The molecule has 0 aliphatic rings. The summed E-state index contributed by atoms with van der Waals surface area (Å²) >= 11 is 0. The molecule has 0 saturated heterocycles. The van der Waals surface area contributed by atoms with Gasteiger partial charge in [-0.1, -0.05) is 158 Å². The lowest BCUT2D eigenvalue weighted by Crippen LogP contribution is -1.96. The number of aromatic nitrogens is 2. The van der Waals surface area contributed by atoms with Crippen LogP contribution in [0.3, 0.4) is 0 Å². The Hall–Kier alpha value is -7.10. The van der Waals surface area contributed by atoms with Crippen molar-refractivity contribution < 1.29 is 4.42 Å². The molecule has 10 aromatic rings. The van der Waals surface area contributed by atoms with Gasteiger partial charge in [0.1, 0.15) is 11.2 Å². The number of nitrogens with zero attached hydrogens (tertiary/aromatic N) is 2. The van der Waals surface area contributed by atoms with Crippen LogP contribution in [0, 0.1) is 0 Å². The van der Waals surface area contributed by atoms with Crippen molar-refractivity contribution in [2.45, 2.75) is 0 Å². The maximum atomic E-state index is 6.34. The molecule has 0 N–H and O–H groups in total. The molecule has 10 rings (SSSR count). The van der Waals surface area contributed by atoms with Gasteiger partial charge in [0, 0.05) is 27.5 Å². The first-order valence-electron chi connectivity index (χ1n) is 17.9. The van der Waals surface area contributed by atoms with Crippen LogP contribution < -0.4 is 0 Å². The molecule has 2 heterocycles. The molecule has 2 aromatic heterocycles. The van der Waals surface area contributed by atoms with Gasteiger partial charge >= 0.3 is 0 Å². The molecule has 0 fully saturated rings. The second kappa shape index (κ2) is 12.9. The van der Waals surface area contributed by atoms with Gasteiger partial charge in [-0.05, 0) is 80.6 Å². The van der Waals surface area contributed by atoms with Gasteiger partial charge in [-0.2, -0.15) is 0 Å². The van der Waals surface area contributed by atoms with Crippen molar-refractivity contribution >= 4 is 32.7 Å². The van der Waals surface area contributed by atoms with Crippen molar-refractivity contribution in [1.29, 1.82) is 0 Å². The fourth-order valence-electron chi connectivity index (χ4n) is 7.50. The van der Waals surface area contributed by atoms with Crippen LogP contribution in [0.1, 0.15) is 0 Å². The highest BCUT2D eigenvalue weighted by Crippen LogP contribution is 2.41. The first-order valence-corrected chi connectivity index (χ1v) is 17.9. The van der Waals surface area contributed by atoms with Crippen LogP contribution in [-0.4, -0.2) is 9.97 Å². The molecule has 3 nitrogen and oxygen atoms in total. The molecule has 0 amide bonds. The molecule has 3 heteroatoms. The normalized spacial score (nSPS) is 11.4. The third kappa shape index (κ3) is 5.65. The Morgan fingerprint density at radius 3 is 1.70 bits per heavy atom. The monoisotopic (exact) mass is 676 g/mol. The van der Waals surface area contributed by atoms with E-state index >= 15 is 0 Å². The summed E-state index contributed by atoms with van der Waals surface area (Å²) in [5, 5.41) is 4.70. The summed E-state index contributed by atoms with van der Waals surface area (Å²) < 4.78 is 6.34. The topological polar surface area (TPSA) is 38.9 Å². The van der Waals surface area contributed by atoms with Gasteiger partial charge in [-0.15, -0.1) is 0 Å². The van der Waals surface area contributed by atoms with Gasteiger partial charge in [0.15, 0.2) is 5.82 Å². The summed E-state index contributed by atoms with van der Waals surface area (Å²) in [6.07, 6.45) is 0. The predicted molar refractivity (Wildman–Crippen MR) is 219 cm³/mol. The van der Waals surface area contributed by atoms with Crippen molar-refractivity contribution in [1.82, 2.24) is 9.97 Å². The SMILES string of the molecule is c1ccc(-c2cc(-c3cc(-c4ccc(-c5cccc6ccccc56)cc4)cc(-c4cccc5oc6ccccc6c45)c3)nc(-c3ccccc3)n2)cc1. The van der Waals surface area contributed by atoms with Gasteiger partial charge in [0.05, 0.1) is 11.4 Å². The standard InChI is InChI=1S/C50H32N2O/c1-3-14-36(15-4-1)45-32-46(52-50(51-45)37-16-5-2-6-17-37)40-30-38(33-25-27-35(28-26-33)42-21-11-18-34-13-7-8-19-41(34)42)29-39(31-40)43-22-12-24-48-49(43)44-20-9-10-23-47(44)53-48/h1-32H. The number of para-hydroxylation sites is 1. The van der Waals surface area contributed by atoms with Crippen molar-refractivity contribution in [3.05, 3.63) is 194 Å². The Bertz CT molecular complexity index is 2860. The summed E-state index contributed by atoms with van der Waals surface area (Å²) in [6.45, 7) is 0. The largest absolute Gasteiger partial charge is 0.456 e. The van der Waals surface area contributed by atoms with E-state index in [4.69, 9.17) is 14.4 Å². The van der Waals surface area contributed by atoms with Crippen molar-refractivity contribution in [3.8, 4) is 67.3 Å². The summed E-state index contributed by atoms with van der Waals surface area (Å²) in [6, 6.07) is 68.1. The van der Waals surface area contributed by atoms with Crippen LogP contribution >= 0.6 is 0 Å². The highest BCUT2D eigenvalue weighted by Gasteiger charge is 2.17. The summed E-state index contributed by atoms with van der Waals surface area (Å²) in [7, 11) is 0. The fraction of sp³-hybridized carbons (Fsp3) is 0. The quantitative estimate of drug-likeness (QED) is 0.176. The Kier molecular flexibility index (Phi) is 7.47. The summed E-state index contributed by atoms with van der Waals surface area (Å²) in [5.41, 5.74) is 13.4. The van der Waals surface area contributed by atoms with Crippen LogP contribution in [0.2, 0.25) is 0 Å². The third-order valence-corrected chi connectivity index (χ3v) is 10.1. The van der Waals surface area contributed by atoms with E-state index in [2.05, 4.69) is 158 Å². The highest BCUT2D eigenvalue weighted by molar-refractivity contribution is 6.12. The first-order chi connectivity index (χ1) is 26.2. The minimum Gasteiger partial charge on any atom is -0.456 e. The van der Waals surface area contributed by atoms with Gasteiger partial charge in [0.2, 0.25) is 0 Å². The smallest absolute Gasteiger partial charge is 0.160 e. The predicted octanol–water partition coefficient (Wildman–Crippen LogP) is 13.5. The molecule has 0 bridgehead atoms. The number of hydrogen-bond acceptors (Lipinski definition) is 3. The molecule has 8 aromatic carbocycles. The molecule has 0 aliphatic heterocycles. The maximum Gasteiger partial charge on any atom is 0.160 e. The average molecular weight is 677 g/mol. The lowest BCUT2D eigenvalue weighted by atomic mass is 9.91. The highest BCUT2D eigenvalue weighted by atomic mass is 16.3. The lowest BCUT2D eigenvalue weighted by molar-refractivity contribution is 0.669.